The minimum Gasteiger partial charge on any atom is -0.392 e. The van der Waals surface area contributed by atoms with E-state index in [2.05, 4.69) is 32.0 Å². The summed E-state index contributed by atoms with van der Waals surface area (Å²) >= 11 is 0. The van der Waals surface area contributed by atoms with Crippen molar-refractivity contribution in [2.45, 2.75) is 38.7 Å². The molecule has 0 radical (unpaired) electrons. The number of rotatable bonds is 0. The van der Waals surface area contributed by atoms with Gasteiger partial charge in [-0.2, -0.15) is 0 Å². The van der Waals surface area contributed by atoms with Gasteiger partial charge in [0.1, 0.15) is 0 Å². The topological polar surface area (TPSA) is 20.2 Å². The van der Waals surface area contributed by atoms with E-state index in [1.54, 1.807) is 0 Å². The lowest BCUT2D eigenvalue weighted by Crippen LogP contribution is -2.22. The van der Waals surface area contributed by atoms with E-state index in [0.717, 1.165) is 12.8 Å². The van der Waals surface area contributed by atoms with Gasteiger partial charge in [0.05, 0.1) is 6.10 Å². The monoisotopic (exact) mass is 176 g/mol. The second-order valence-corrected chi connectivity index (χ2v) is 4.10. The van der Waals surface area contributed by atoms with Crippen LogP contribution in [0.3, 0.4) is 0 Å². The van der Waals surface area contributed by atoms with Gasteiger partial charge in [0, 0.05) is 5.92 Å². The van der Waals surface area contributed by atoms with E-state index >= 15 is 0 Å². The van der Waals surface area contributed by atoms with Gasteiger partial charge >= 0.3 is 0 Å². The predicted molar refractivity (Wildman–Crippen MR) is 53.9 cm³/mol. The molecule has 1 aliphatic carbocycles. The molecule has 1 N–H and O–H groups in total. The van der Waals surface area contributed by atoms with Crippen LogP contribution in [0.2, 0.25) is 0 Å². The number of aliphatic hydroxyl groups is 1. The number of hydrogen-bond donors (Lipinski definition) is 1. The zero-order valence-electron chi connectivity index (χ0n) is 8.25. The molecule has 1 aromatic carbocycles. The molecule has 0 saturated heterocycles. The molecule has 0 bridgehead atoms. The summed E-state index contributed by atoms with van der Waals surface area (Å²) in [5.74, 6) is 0.310. The predicted octanol–water partition coefficient (Wildman–Crippen LogP) is 2.41. The summed E-state index contributed by atoms with van der Waals surface area (Å²) in [4.78, 5) is 0. The molecule has 1 heteroatoms. The van der Waals surface area contributed by atoms with Crippen LogP contribution in [-0.4, -0.2) is 11.2 Å². The van der Waals surface area contributed by atoms with Gasteiger partial charge in [-0.3, -0.25) is 0 Å². The number of aryl methyl sites for hydroxylation is 2. The van der Waals surface area contributed by atoms with Crippen LogP contribution in [-0.2, 0) is 6.42 Å². The Labute approximate surface area is 79.4 Å². The van der Waals surface area contributed by atoms with E-state index in [1.165, 1.54) is 16.7 Å². The average molecular weight is 176 g/mol. The van der Waals surface area contributed by atoms with Crippen molar-refractivity contribution in [3.63, 3.8) is 0 Å². The molecule has 1 nitrogen and oxygen atoms in total. The van der Waals surface area contributed by atoms with Gasteiger partial charge < -0.3 is 5.11 Å². The third-order valence-electron chi connectivity index (χ3n) is 3.08. The molecule has 2 rings (SSSR count). The molecule has 0 spiro atoms. The van der Waals surface area contributed by atoms with Gasteiger partial charge in [-0.1, -0.05) is 30.7 Å². The van der Waals surface area contributed by atoms with Crippen molar-refractivity contribution in [3.05, 3.63) is 34.9 Å². The fourth-order valence-corrected chi connectivity index (χ4v) is 2.16. The molecule has 1 aliphatic rings. The van der Waals surface area contributed by atoms with Crippen LogP contribution in [0.1, 0.15) is 36.0 Å². The number of benzene rings is 1. The highest BCUT2D eigenvalue weighted by molar-refractivity contribution is 5.36. The molecule has 0 saturated carbocycles. The molecular formula is C12H16O. The molecular weight excluding hydrogens is 160 g/mol. The fourth-order valence-electron chi connectivity index (χ4n) is 2.16. The average Bonchev–Trinajstić information content (AvgIpc) is 2.12. The molecule has 0 amide bonds. The van der Waals surface area contributed by atoms with Crippen molar-refractivity contribution in [2.75, 3.05) is 0 Å². The first-order chi connectivity index (χ1) is 6.18. The van der Waals surface area contributed by atoms with Crippen LogP contribution in [0.25, 0.3) is 0 Å². The second kappa shape index (κ2) is 3.15. The van der Waals surface area contributed by atoms with Crippen molar-refractivity contribution in [1.82, 2.24) is 0 Å². The Balaban J connectivity index is 2.44. The zero-order chi connectivity index (χ0) is 9.42. The summed E-state index contributed by atoms with van der Waals surface area (Å²) in [6.45, 7) is 4.23. The number of fused-ring (bicyclic) bond motifs is 1. The molecule has 13 heavy (non-hydrogen) atoms. The largest absolute Gasteiger partial charge is 0.392 e. The molecule has 2 atom stereocenters. The Morgan fingerprint density at radius 2 is 2.15 bits per heavy atom. The van der Waals surface area contributed by atoms with Gasteiger partial charge in [0.2, 0.25) is 0 Å². The molecule has 70 valence electrons. The van der Waals surface area contributed by atoms with Crippen LogP contribution >= 0.6 is 0 Å². The Morgan fingerprint density at radius 1 is 1.38 bits per heavy atom. The minimum atomic E-state index is -0.143. The summed E-state index contributed by atoms with van der Waals surface area (Å²) in [6, 6.07) is 6.54. The van der Waals surface area contributed by atoms with Crippen LogP contribution in [0.5, 0.6) is 0 Å². The maximum atomic E-state index is 9.69. The zero-order valence-corrected chi connectivity index (χ0v) is 8.25. The minimum absolute atomic E-state index is 0.143. The fraction of sp³-hybridized carbons (Fsp3) is 0.500. The van der Waals surface area contributed by atoms with Crippen molar-refractivity contribution in [2.24, 2.45) is 0 Å². The number of hydrogen-bond acceptors (Lipinski definition) is 1. The Kier molecular flexibility index (Phi) is 2.12. The first kappa shape index (κ1) is 8.76. The lowest BCUT2D eigenvalue weighted by molar-refractivity contribution is 0.132. The van der Waals surface area contributed by atoms with E-state index < -0.39 is 0 Å². The Hall–Kier alpha value is -0.820. The van der Waals surface area contributed by atoms with Gasteiger partial charge in [-0.15, -0.1) is 0 Å². The molecule has 0 heterocycles. The SMILES string of the molecule is Cc1ccc2c(c1)CCC(O)C2C. The maximum absolute atomic E-state index is 9.69. The van der Waals surface area contributed by atoms with E-state index in [0.29, 0.717) is 5.92 Å². The van der Waals surface area contributed by atoms with Gasteiger partial charge in [0.25, 0.3) is 0 Å². The van der Waals surface area contributed by atoms with Crippen LogP contribution in [0.15, 0.2) is 18.2 Å². The van der Waals surface area contributed by atoms with Gasteiger partial charge in [-0.05, 0) is 30.9 Å². The number of aliphatic hydroxyl groups excluding tert-OH is 1. The standard InChI is InChI=1S/C12H16O/c1-8-3-5-11-9(2)12(13)6-4-10(11)7-8/h3,5,7,9,12-13H,4,6H2,1-2H3. The first-order valence-corrected chi connectivity index (χ1v) is 4.96. The van der Waals surface area contributed by atoms with E-state index in [4.69, 9.17) is 0 Å². The molecule has 2 unspecified atom stereocenters. The lowest BCUT2D eigenvalue weighted by atomic mass is 9.81. The van der Waals surface area contributed by atoms with Crippen LogP contribution < -0.4 is 0 Å². The summed E-state index contributed by atoms with van der Waals surface area (Å²) in [5.41, 5.74) is 4.09. The summed E-state index contributed by atoms with van der Waals surface area (Å²) in [7, 11) is 0. The van der Waals surface area contributed by atoms with Crippen molar-refractivity contribution < 1.29 is 5.11 Å². The van der Waals surface area contributed by atoms with E-state index in [9.17, 15) is 5.11 Å². The Morgan fingerprint density at radius 3 is 2.92 bits per heavy atom. The molecule has 1 aromatic rings. The smallest absolute Gasteiger partial charge is 0.0609 e. The van der Waals surface area contributed by atoms with Gasteiger partial charge in [0.15, 0.2) is 0 Å². The third kappa shape index (κ3) is 1.49. The Bertz CT molecular complexity index is 317. The quantitative estimate of drug-likeness (QED) is 0.643. The van der Waals surface area contributed by atoms with Crippen molar-refractivity contribution >= 4 is 0 Å². The summed E-state index contributed by atoms with van der Waals surface area (Å²) in [5, 5.41) is 9.69. The second-order valence-electron chi connectivity index (χ2n) is 4.10. The molecule has 0 fully saturated rings. The highest BCUT2D eigenvalue weighted by Gasteiger charge is 2.23. The summed E-state index contributed by atoms with van der Waals surface area (Å²) < 4.78 is 0. The van der Waals surface area contributed by atoms with Crippen molar-refractivity contribution in [3.8, 4) is 0 Å². The maximum Gasteiger partial charge on any atom is 0.0609 e. The van der Waals surface area contributed by atoms with E-state index in [1.807, 2.05) is 0 Å². The normalized spacial score (nSPS) is 27.0. The highest BCUT2D eigenvalue weighted by Crippen LogP contribution is 2.31. The highest BCUT2D eigenvalue weighted by atomic mass is 16.3. The van der Waals surface area contributed by atoms with E-state index in [-0.39, 0.29) is 6.10 Å². The van der Waals surface area contributed by atoms with Gasteiger partial charge in [-0.25, -0.2) is 0 Å². The van der Waals surface area contributed by atoms with Crippen molar-refractivity contribution in [1.29, 1.82) is 0 Å². The molecule has 0 aromatic heterocycles. The molecule has 0 aliphatic heterocycles. The first-order valence-electron chi connectivity index (χ1n) is 4.96. The van der Waals surface area contributed by atoms with Crippen LogP contribution in [0.4, 0.5) is 0 Å². The third-order valence-corrected chi connectivity index (χ3v) is 3.08. The lowest BCUT2D eigenvalue weighted by Gasteiger charge is -2.27. The summed E-state index contributed by atoms with van der Waals surface area (Å²) in [6.07, 6.45) is 1.80. The van der Waals surface area contributed by atoms with Crippen LogP contribution in [0, 0.1) is 6.92 Å².